The van der Waals surface area contributed by atoms with Crippen molar-refractivity contribution in [3.8, 4) is 0 Å². The number of nitrogens with zero attached hydrogens (tertiary/aromatic N) is 2. The lowest BCUT2D eigenvalue weighted by atomic mass is 10.1. The van der Waals surface area contributed by atoms with Gasteiger partial charge in [-0.1, -0.05) is 36.0 Å². The summed E-state index contributed by atoms with van der Waals surface area (Å²) < 4.78 is 13.6. The first-order chi connectivity index (χ1) is 10.6. The molecule has 1 aliphatic carbocycles. The Balaban J connectivity index is 1.65. The van der Waals surface area contributed by atoms with Crippen LogP contribution in [-0.4, -0.2) is 47.9 Å². The summed E-state index contributed by atoms with van der Waals surface area (Å²) >= 11 is 11.7. The normalized spacial score (nSPS) is 20.6. The molecule has 1 saturated carbocycles. The van der Waals surface area contributed by atoms with Crippen LogP contribution in [0.25, 0.3) is 0 Å². The van der Waals surface area contributed by atoms with E-state index in [9.17, 15) is 9.18 Å². The predicted molar refractivity (Wildman–Crippen MR) is 86.2 cm³/mol. The molecule has 1 aromatic rings. The van der Waals surface area contributed by atoms with Gasteiger partial charge in [0.2, 0.25) is 0 Å². The van der Waals surface area contributed by atoms with Gasteiger partial charge in [0.1, 0.15) is 5.82 Å². The topological polar surface area (TPSA) is 23.6 Å². The van der Waals surface area contributed by atoms with E-state index in [1.54, 1.807) is 4.90 Å². The van der Waals surface area contributed by atoms with Crippen LogP contribution >= 0.6 is 23.2 Å². The number of benzene rings is 1. The first-order valence-electron chi connectivity index (χ1n) is 7.74. The molecule has 1 heterocycles. The highest BCUT2D eigenvalue weighted by atomic mass is 35.5. The van der Waals surface area contributed by atoms with Gasteiger partial charge in [-0.3, -0.25) is 9.69 Å². The van der Waals surface area contributed by atoms with Gasteiger partial charge in [-0.25, -0.2) is 4.39 Å². The summed E-state index contributed by atoms with van der Waals surface area (Å²) in [4.78, 5) is 16.7. The average Bonchev–Trinajstić information content (AvgIpc) is 3.05. The largest absolute Gasteiger partial charge is 0.336 e. The van der Waals surface area contributed by atoms with E-state index in [0.717, 1.165) is 19.2 Å². The molecule has 3 nitrogen and oxygen atoms in total. The minimum atomic E-state index is -0.612. The summed E-state index contributed by atoms with van der Waals surface area (Å²) in [6.07, 6.45) is 5.15. The van der Waals surface area contributed by atoms with Crippen LogP contribution in [0.15, 0.2) is 12.1 Å². The van der Waals surface area contributed by atoms with E-state index in [0.29, 0.717) is 19.1 Å². The van der Waals surface area contributed by atoms with Gasteiger partial charge in [-0.2, -0.15) is 0 Å². The van der Waals surface area contributed by atoms with E-state index in [-0.39, 0.29) is 21.5 Å². The zero-order chi connectivity index (χ0) is 15.7. The Hall–Kier alpha value is -0.840. The first-order valence-corrected chi connectivity index (χ1v) is 8.49. The molecule has 1 aliphatic heterocycles. The maximum atomic E-state index is 13.6. The number of carbonyl (C=O) groups excluding carboxylic acids is 1. The highest BCUT2D eigenvalue weighted by Crippen LogP contribution is 2.27. The van der Waals surface area contributed by atoms with Gasteiger partial charge in [0.25, 0.3) is 5.91 Å². The summed E-state index contributed by atoms with van der Waals surface area (Å²) in [7, 11) is 0. The van der Waals surface area contributed by atoms with Crippen LogP contribution in [0.4, 0.5) is 4.39 Å². The van der Waals surface area contributed by atoms with Crippen molar-refractivity contribution in [2.24, 2.45) is 0 Å². The molecule has 1 saturated heterocycles. The number of rotatable bonds is 2. The van der Waals surface area contributed by atoms with Crippen LogP contribution in [0, 0.1) is 5.82 Å². The van der Waals surface area contributed by atoms with Gasteiger partial charge < -0.3 is 4.90 Å². The maximum absolute atomic E-state index is 13.6. The van der Waals surface area contributed by atoms with Crippen molar-refractivity contribution in [3.05, 3.63) is 33.6 Å². The number of carbonyl (C=O) groups is 1. The molecular formula is C16H19Cl2FN2O. The van der Waals surface area contributed by atoms with Gasteiger partial charge >= 0.3 is 0 Å². The highest BCUT2D eigenvalue weighted by molar-refractivity contribution is 6.36. The number of piperazine rings is 1. The van der Waals surface area contributed by atoms with E-state index in [1.807, 2.05) is 0 Å². The number of halogens is 3. The number of hydrogen-bond donors (Lipinski definition) is 0. The quantitative estimate of drug-likeness (QED) is 0.761. The van der Waals surface area contributed by atoms with Crippen LogP contribution in [0.2, 0.25) is 10.0 Å². The molecule has 1 aromatic carbocycles. The fourth-order valence-corrected chi connectivity index (χ4v) is 3.88. The summed E-state index contributed by atoms with van der Waals surface area (Å²) in [5.74, 6) is -0.828. The van der Waals surface area contributed by atoms with Crippen LogP contribution in [0.3, 0.4) is 0 Å². The SMILES string of the molecule is O=C(c1cc(F)c(Cl)cc1Cl)N1CCN(C2CCCC2)CC1. The first kappa shape index (κ1) is 16.0. The Kier molecular flexibility index (Phi) is 4.91. The van der Waals surface area contributed by atoms with E-state index >= 15 is 0 Å². The zero-order valence-corrected chi connectivity index (χ0v) is 13.8. The molecule has 120 valence electrons. The van der Waals surface area contributed by atoms with E-state index in [2.05, 4.69) is 4.90 Å². The van der Waals surface area contributed by atoms with Gasteiger partial charge in [0.05, 0.1) is 15.6 Å². The monoisotopic (exact) mass is 344 g/mol. The second-order valence-corrected chi connectivity index (χ2v) is 6.83. The summed E-state index contributed by atoms with van der Waals surface area (Å²) in [5.41, 5.74) is 0.192. The third-order valence-electron chi connectivity index (χ3n) is 4.68. The Morgan fingerprint density at radius 2 is 1.68 bits per heavy atom. The Morgan fingerprint density at radius 1 is 1.05 bits per heavy atom. The Labute approximate surface area is 140 Å². The van der Waals surface area contributed by atoms with E-state index in [1.165, 1.54) is 31.7 Å². The van der Waals surface area contributed by atoms with Crippen molar-refractivity contribution in [2.45, 2.75) is 31.7 Å². The average molecular weight is 345 g/mol. The lowest BCUT2D eigenvalue weighted by molar-refractivity contribution is 0.0573. The zero-order valence-electron chi connectivity index (χ0n) is 12.3. The van der Waals surface area contributed by atoms with Crippen molar-refractivity contribution in [3.63, 3.8) is 0 Å². The molecule has 1 amide bonds. The molecule has 0 N–H and O–H groups in total. The van der Waals surface area contributed by atoms with Gasteiger partial charge in [-0.05, 0) is 25.0 Å². The fourth-order valence-electron chi connectivity index (χ4n) is 3.42. The standard InChI is InChI=1S/C16H19Cl2FN2O/c17-13-10-14(18)15(19)9-12(13)16(22)21-7-5-20(6-8-21)11-3-1-2-4-11/h9-11H,1-8H2. The summed E-state index contributed by atoms with van der Waals surface area (Å²) in [6, 6.07) is 3.10. The number of hydrogen-bond acceptors (Lipinski definition) is 2. The molecule has 0 spiro atoms. The predicted octanol–water partition coefficient (Wildman–Crippen LogP) is 3.83. The molecule has 2 aliphatic rings. The highest BCUT2D eigenvalue weighted by Gasteiger charge is 2.29. The molecular weight excluding hydrogens is 326 g/mol. The minimum Gasteiger partial charge on any atom is -0.336 e. The molecule has 0 unspecified atom stereocenters. The van der Waals surface area contributed by atoms with Crippen LogP contribution in [0.5, 0.6) is 0 Å². The second kappa shape index (κ2) is 6.73. The molecule has 6 heteroatoms. The second-order valence-electron chi connectivity index (χ2n) is 6.01. The molecule has 2 fully saturated rings. The van der Waals surface area contributed by atoms with Crippen molar-refractivity contribution < 1.29 is 9.18 Å². The molecule has 0 aromatic heterocycles. The van der Waals surface area contributed by atoms with Gasteiger partial charge in [-0.15, -0.1) is 0 Å². The van der Waals surface area contributed by atoms with Crippen molar-refractivity contribution in [2.75, 3.05) is 26.2 Å². The molecule has 0 radical (unpaired) electrons. The molecule has 22 heavy (non-hydrogen) atoms. The fraction of sp³-hybridized carbons (Fsp3) is 0.562. The minimum absolute atomic E-state index is 0.0624. The third-order valence-corrected chi connectivity index (χ3v) is 5.29. The summed E-state index contributed by atoms with van der Waals surface area (Å²) in [6.45, 7) is 3.08. The molecule has 0 atom stereocenters. The van der Waals surface area contributed by atoms with Gasteiger partial charge in [0, 0.05) is 32.2 Å². The molecule has 0 bridgehead atoms. The third kappa shape index (κ3) is 3.24. The summed E-state index contributed by atoms with van der Waals surface area (Å²) in [5, 5.41) is 0.141. The van der Waals surface area contributed by atoms with E-state index < -0.39 is 5.82 Å². The van der Waals surface area contributed by atoms with Crippen LogP contribution in [0.1, 0.15) is 36.0 Å². The lowest BCUT2D eigenvalue weighted by Gasteiger charge is -2.38. The van der Waals surface area contributed by atoms with E-state index in [4.69, 9.17) is 23.2 Å². The maximum Gasteiger partial charge on any atom is 0.255 e. The molecule has 3 rings (SSSR count). The van der Waals surface area contributed by atoms with Crippen LogP contribution in [-0.2, 0) is 0 Å². The van der Waals surface area contributed by atoms with Crippen LogP contribution < -0.4 is 0 Å². The van der Waals surface area contributed by atoms with Crippen molar-refractivity contribution in [1.82, 2.24) is 9.80 Å². The van der Waals surface area contributed by atoms with Gasteiger partial charge in [0.15, 0.2) is 0 Å². The van der Waals surface area contributed by atoms with Crippen molar-refractivity contribution >= 4 is 29.1 Å². The smallest absolute Gasteiger partial charge is 0.255 e. The Morgan fingerprint density at radius 3 is 2.32 bits per heavy atom. The number of amides is 1. The van der Waals surface area contributed by atoms with Crippen molar-refractivity contribution in [1.29, 1.82) is 0 Å². The lowest BCUT2D eigenvalue weighted by Crippen LogP contribution is -2.51. The Bertz CT molecular complexity index is 568.